The zero-order valence-electron chi connectivity index (χ0n) is 9.38. The molecule has 0 radical (unpaired) electrons. The highest BCUT2D eigenvalue weighted by atomic mass is 16.2. The second-order valence-electron chi connectivity index (χ2n) is 3.75. The first-order valence-electron chi connectivity index (χ1n) is 5.36. The lowest BCUT2D eigenvalue weighted by Gasteiger charge is -2.18. The Bertz CT molecular complexity index is 416. The van der Waals surface area contributed by atoms with Crippen molar-refractivity contribution in [2.45, 2.75) is 19.9 Å². The predicted molar refractivity (Wildman–Crippen MR) is 61.2 cm³/mol. The van der Waals surface area contributed by atoms with Gasteiger partial charge in [0.25, 0.3) is 5.91 Å². The van der Waals surface area contributed by atoms with Crippen molar-refractivity contribution in [3.05, 3.63) is 30.3 Å². The van der Waals surface area contributed by atoms with Gasteiger partial charge in [-0.25, -0.2) is 4.79 Å². The summed E-state index contributed by atoms with van der Waals surface area (Å²) in [6, 6.07) is 8.62. The third kappa shape index (κ3) is 1.46. The zero-order valence-corrected chi connectivity index (χ0v) is 9.38. The molecule has 1 heterocycles. The number of carbonyl (C=O) groups is 2. The summed E-state index contributed by atoms with van der Waals surface area (Å²) < 4.78 is 0. The van der Waals surface area contributed by atoms with Crippen molar-refractivity contribution in [1.29, 1.82) is 0 Å². The molecule has 84 valence electrons. The van der Waals surface area contributed by atoms with Crippen LogP contribution in [0.4, 0.5) is 10.5 Å². The number of rotatable bonds is 2. The molecule has 16 heavy (non-hydrogen) atoms. The third-order valence-electron chi connectivity index (χ3n) is 2.80. The maximum atomic E-state index is 12.0. The van der Waals surface area contributed by atoms with Crippen LogP contribution >= 0.6 is 0 Å². The Morgan fingerprint density at radius 1 is 1.19 bits per heavy atom. The number of hydrogen-bond acceptors (Lipinski definition) is 2. The highest BCUT2D eigenvalue weighted by molar-refractivity contribution is 6.13. The highest BCUT2D eigenvalue weighted by Gasteiger charge is 2.42. The molecule has 1 aliphatic rings. The quantitative estimate of drug-likeness (QED) is 0.711. The lowest BCUT2D eigenvalue weighted by atomic mass is 10.2. The molecule has 1 aliphatic heterocycles. The molecule has 1 atom stereocenters. The first kappa shape index (κ1) is 10.7. The summed E-state index contributed by atoms with van der Waals surface area (Å²) in [5, 5.41) is 0. The standard InChI is InChI=1S/C12H14N2O2/c1-3-13-11(15)9(2)14(12(13)16)10-7-5-4-6-8-10/h4-9H,3H2,1-2H3. The Balaban J connectivity index is 2.37. The number of nitrogens with zero attached hydrogens (tertiary/aromatic N) is 2. The summed E-state index contributed by atoms with van der Waals surface area (Å²) in [7, 11) is 0. The molecule has 0 aliphatic carbocycles. The van der Waals surface area contributed by atoms with Gasteiger partial charge < -0.3 is 0 Å². The zero-order chi connectivity index (χ0) is 11.7. The SMILES string of the molecule is CCN1C(=O)C(C)N(c2ccccc2)C1=O. The Kier molecular flexibility index (Phi) is 2.64. The Morgan fingerprint density at radius 2 is 1.81 bits per heavy atom. The van der Waals surface area contributed by atoms with E-state index in [9.17, 15) is 9.59 Å². The van der Waals surface area contributed by atoms with Gasteiger partial charge in [0.05, 0.1) is 0 Å². The smallest absolute Gasteiger partial charge is 0.282 e. The lowest BCUT2D eigenvalue weighted by molar-refractivity contribution is -0.126. The van der Waals surface area contributed by atoms with E-state index in [2.05, 4.69) is 0 Å². The molecule has 1 aromatic rings. The van der Waals surface area contributed by atoms with Gasteiger partial charge in [-0.3, -0.25) is 14.6 Å². The van der Waals surface area contributed by atoms with Crippen LogP contribution in [-0.4, -0.2) is 29.4 Å². The van der Waals surface area contributed by atoms with Crippen LogP contribution in [0.3, 0.4) is 0 Å². The van der Waals surface area contributed by atoms with Crippen LogP contribution < -0.4 is 4.90 Å². The predicted octanol–water partition coefficient (Wildman–Crippen LogP) is 1.86. The molecule has 0 saturated carbocycles. The first-order chi connectivity index (χ1) is 7.66. The van der Waals surface area contributed by atoms with Crippen LogP contribution in [0.15, 0.2) is 30.3 Å². The van der Waals surface area contributed by atoms with E-state index in [4.69, 9.17) is 0 Å². The van der Waals surface area contributed by atoms with Crippen molar-refractivity contribution in [3.63, 3.8) is 0 Å². The maximum Gasteiger partial charge on any atom is 0.331 e. The van der Waals surface area contributed by atoms with Crippen LogP contribution in [0.25, 0.3) is 0 Å². The summed E-state index contributed by atoms with van der Waals surface area (Å²) in [6.45, 7) is 3.98. The minimum Gasteiger partial charge on any atom is -0.282 e. The topological polar surface area (TPSA) is 40.6 Å². The summed E-state index contributed by atoms with van der Waals surface area (Å²) in [5.41, 5.74) is 0.768. The van der Waals surface area contributed by atoms with Gasteiger partial charge in [-0.2, -0.15) is 0 Å². The molecule has 0 bridgehead atoms. The van der Waals surface area contributed by atoms with Crippen LogP contribution in [0, 0.1) is 0 Å². The molecule has 0 aromatic heterocycles. The molecule has 0 spiro atoms. The van der Waals surface area contributed by atoms with E-state index in [1.54, 1.807) is 13.8 Å². The van der Waals surface area contributed by atoms with Crippen molar-refractivity contribution in [1.82, 2.24) is 4.90 Å². The fourth-order valence-corrected chi connectivity index (χ4v) is 1.94. The van der Waals surface area contributed by atoms with Crippen LogP contribution in [0.1, 0.15) is 13.8 Å². The number of hydrogen-bond donors (Lipinski definition) is 0. The number of para-hydroxylation sites is 1. The molecule has 1 saturated heterocycles. The summed E-state index contributed by atoms with van der Waals surface area (Å²) in [6.07, 6.45) is 0. The lowest BCUT2D eigenvalue weighted by Crippen LogP contribution is -2.33. The van der Waals surface area contributed by atoms with Gasteiger partial charge in [-0.1, -0.05) is 18.2 Å². The van der Waals surface area contributed by atoms with Gasteiger partial charge >= 0.3 is 6.03 Å². The largest absolute Gasteiger partial charge is 0.331 e. The average molecular weight is 218 g/mol. The van der Waals surface area contributed by atoms with E-state index < -0.39 is 6.04 Å². The molecule has 1 unspecified atom stereocenters. The van der Waals surface area contributed by atoms with Crippen molar-refractivity contribution in [2.24, 2.45) is 0 Å². The van der Waals surface area contributed by atoms with E-state index >= 15 is 0 Å². The minimum absolute atomic E-state index is 0.128. The molecule has 3 amide bonds. The van der Waals surface area contributed by atoms with Crippen LogP contribution in [0.5, 0.6) is 0 Å². The van der Waals surface area contributed by atoms with Gasteiger partial charge in [0.15, 0.2) is 0 Å². The Labute approximate surface area is 94.5 Å². The van der Waals surface area contributed by atoms with E-state index in [-0.39, 0.29) is 11.9 Å². The number of imide groups is 1. The molecule has 4 nitrogen and oxygen atoms in total. The van der Waals surface area contributed by atoms with Crippen LogP contribution in [-0.2, 0) is 4.79 Å². The summed E-state index contributed by atoms with van der Waals surface area (Å²) in [5.74, 6) is -0.128. The van der Waals surface area contributed by atoms with Gasteiger partial charge in [-0.05, 0) is 26.0 Å². The number of anilines is 1. The second kappa shape index (κ2) is 3.96. The maximum absolute atomic E-state index is 12.0. The van der Waals surface area contributed by atoms with E-state index in [0.717, 1.165) is 5.69 Å². The number of carbonyl (C=O) groups excluding carboxylic acids is 2. The molecule has 0 N–H and O–H groups in total. The van der Waals surface area contributed by atoms with Gasteiger partial charge in [-0.15, -0.1) is 0 Å². The molecule has 2 rings (SSSR count). The van der Waals surface area contributed by atoms with Crippen molar-refractivity contribution >= 4 is 17.6 Å². The molecular formula is C12H14N2O2. The van der Waals surface area contributed by atoms with Crippen LogP contribution in [0.2, 0.25) is 0 Å². The van der Waals surface area contributed by atoms with Crippen molar-refractivity contribution < 1.29 is 9.59 Å². The highest BCUT2D eigenvalue weighted by Crippen LogP contribution is 2.24. The van der Waals surface area contributed by atoms with Gasteiger partial charge in [0, 0.05) is 12.2 Å². The number of amides is 3. The molecule has 1 aromatic carbocycles. The van der Waals surface area contributed by atoms with E-state index in [1.165, 1.54) is 9.80 Å². The summed E-state index contributed by atoms with van der Waals surface area (Å²) in [4.78, 5) is 26.6. The number of urea groups is 1. The second-order valence-corrected chi connectivity index (χ2v) is 3.75. The normalized spacial score (nSPS) is 20.8. The van der Waals surface area contributed by atoms with Crippen molar-refractivity contribution in [3.8, 4) is 0 Å². The first-order valence-corrected chi connectivity index (χ1v) is 5.36. The molecular weight excluding hydrogens is 204 g/mol. The average Bonchev–Trinajstić information content (AvgIpc) is 2.51. The number of likely N-dealkylation sites (N-methyl/N-ethyl adjacent to an activating group) is 1. The summed E-state index contributed by atoms with van der Waals surface area (Å²) >= 11 is 0. The van der Waals surface area contributed by atoms with Gasteiger partial charge in [0.1, 0.15) is 6.04 Å². The van der Waals surface area contributed by atoms with Crippen molar-refractivity contribution in [2.75, 3.05) is 11.4 Å². The monoisotopic (exact) mass is 218 g/mol. The van der Waals surface area contributed by atoms with E-state index in [0.29, 0.717) is 6.54 Å². The van der Waals surface area contributed by atoms with Gasteiger partial charge in [0.2, 0.25) is 0 Å². The minimum atomic E-state index is -0.408. The molecule has 1 fully saturated rings. The fraction of sp³-hybridized carbons (Fsp3) is 0.333. The number of benzene rings is 1. The molecule has 4 heteroatoms. The Morgan fingerprint density at radius 3 is 2.31 bits per heavy atom. The Hall–Kier alpha value is -1.84. The fourth-order valence-electron chi connectivity index (χ4n) is 1.94. The third-order valence-corrected chi connectivity index (χ3v) is 2.80. The van der Waals surface area contributed by atoms with E-state index in [1.807, 2.05) is 30.3 Å².